The van der Waals surface area contributed by atoms with E-state index >= 15 is 0 Å². The molecule has 118 valence electrons. The van der Waals surface area contributed by atoms with E-state index in [0.29, 0.717) is 5.41 Å². The summed E-state index contributed by atoms with van der Waals surface area (Å²) >= 11 is 3.84. The summed E-state index contributed by atoms with van der Waals surface area (Å²) in [7, 11) is 4.41. The predicted octanol–water partition coefficient (Wildman–Crippen LogP) is 4.00. The first-order valence-electron chi connectivity index (χ1n) is 8.57. The topological polar surface area (TPSA) is 6.48 Å². The average Bonchev–Trinajstić information content (AvgIpc) is 2.67. The number of rotatable bonds is 5. The molecule has 3 heteroatoms. The van der Waals surface area contributed by atoms with Crippen LogP contribution in [0.5, 0.6) is 0 Å². The predicted molar refractivity (Wildman–Crippen MR) is 91.6 cm³/mol. The van der Waals surface area contributed by atoms with Gasteiger partial charge in [-0.1, -0.05) is 41.6 Å². The molecule has 1 heterocycles. The van der Waals surface area contributed by atoms with E-state index in [1.54, 1.807) is 0 Å². The molecule has 1 aliphatic heterocycles. The van der Waals surface area contributed by atoms with Gasteiger partial charge in [0.25, 0.3) is 0 Å². The number of hydrogen-bond acceptors (Lipinski definition) is 2. The van der Waals surface area contributed by atoms with Gasteiger partial charge in [-0.2, -0.15) is 0 Å². The molecule has 0 unspecified atom stereocenters. The zero-order chi connectivity index (χ0) is 14.4. The largest absolute Gasteiger partial charge is 0.309 e. The molecule has 2 nitrogen and oxygen atoms in total. The first-order chi connectivity index (χ1) is 9.63. The van der Waals surface area contributed by atoms with Crippen molar-refractivity contribution >= 4 is 15.9 Å². The van der Waals surface area contributed by atoms with E-state index in [1.807, 2.05) is 0 Å². The summed E-state index contributed by atoms with van der Waals surface area (Å²) in [6.45, 7) is 5.27. The molecule has 0 aromatic rings. The highest BCUT2D eigenvalue weighted by Crippen LogP contribution is 2.38. The van der Waals surface area contributed by atoms with Gasteiger partial charge in [0.2, 0.25) is 0 Å². The van der Waals surface area contributed by atoms with Crippen LogP contribution < -0.4 is 0 Å². The molecular weight excluding hydrogens is 312 g/mol. The first-order valence-corrected chi connectivity index (χ1v) is 9.69. The fourth-order valence-corrected chi connectivity index (χ4v) is 4.87. The van der Waals surface area contributed by atoms with Crippen molar-refractivity contribution in [3.05, 3.63) is 0 Å². The summed E-state index contributed by atoms with van der Waals surface area (Å²) in [5.41, 5.74) is 0.574. The van der Waals surface area contributed by atoms with Crippen LogP contribution in [0.25, 0.3) is 0 Å². The van der Waals surface area contributed by atoms with Gasteiger partial charge in [0.15, 0.2) is 0 Å². The smallest absolute Gasteiger partial charge is 0.0100 e. The second-order valence-corrected chi connectivity index (χ2v) is 8.09. The molecular formula is C17H33BrN2. The van der Waals surface area contributed by atoms with Gasteiger partial charge < -0.3 is 9.80 Å². The van der Waals surface area contributed by atoms with E-state index in [9.17, 15) is 0 Å². The van der Waals surface area contributed by atoms with Gasteiger partial charge in [0.05, 0.1) is 0 Å². The van der Waals surface area contributed by atoms with Crippen LogP contribution in [-0.4, -0.2) is 55.4 Å². The normalized spacial score (nSPS) is 25.8. The maximum Gasteiger partial charge on any atom is 0.0100 e. The Balaban J connectivity index is 1.80. The first kappa shape index (κ1) is 16.8. The van der Waals surface area contributed by atoms with E-state index in [4.69, 9.17) is 0 Å². The van der Waals surface area contributed by atoms with Crippen molar-refractivity contribution in [2.45, 2.75) is 51.4 Å². The van der Waals surface area contributed by atoms with Gasteiger partial charge in [-0.05, 0) is 64.2 Å². The summed E-state index contributed by atoms with van der Waals surface area (Å²) in [6, 6.07) is 0. The Hall–Kier alpha value is 0.400. The molecule has 0 aromatic heterocycles. The second-order valence-electron chi connectivity index (χ2n) is 7.53. The Labute approximate surface area is 134 Å². The van der Waals surface area contributed by atoms with E-state index in [-0.39, 0.29) is 0 Å². The molecule has 2 rings (SSSR count). The standard InChI is InChI=1S/C17H33BrN2/c1-19(2)13-16-7-11-20(12-8-16)15-17(14-18)9-5-3-4-6-10-17/h16H,3-15H2,1-2H3. The summed E-state index contributed by atoms with van der Waals surface area (Å²) in [5, 5.41) is 1.21. The average molecular weight is 345 g/mol. The Morgan fingerprint density at radius 1 is 1.05 bits per heavy atom. The second kappa shape index (κ2) is 8.14. The molecule has 0 aromatic carbocycles. The minimum absolute atomic E-state index is 0.574. The zero-order valence-electron chi connectivity index (χ0n) is 13.5. The van der Waals surface area contributed by atoms with Crippen LogP contribution in [-0.2, 0) is 0 Å². The number of halogens is 1. The Morgan fingerprint density at radius 2 is 1.65 bits per heavy atom. The van der Waals surface area contributed by atoms with Crippen LogP contribution in [0, 0.1) is 11.3 Å². The van der Waals surface area contributed by atoms with Crippen molar-refractivity contribution in [1.82, 2.24) is 9.80 Å². The quantitative estimate of drug-likeness (QED) is 0.549. The lowest BCUT2D eigenvalue weighted by Gasteiger charge is -2.40. The summed E-state index contributed by atoms with van der Waals surface area (Å²) in [5.74, 6) is 0.926. The minimum atomic E-state index is 0.574. The fraction of sp³-hybridized carbons (Fsp3) is 1.00. The number of nitrogens with zero attached hydrogens (tertiary/aromatic N) is 2. The monoisotopic (exact) mass is 344 g/mol. The molecule has 0 bridgehead atoms. The highest BCUT2D eigenvalue weighted by molar-refractivity contribution is 9.09. The van der Waals surface area contributed by atoms with Gasteiger partial charge in [0.1, 0.15) is 0 Å². The van der Waals surface area contributed by atoms with Crippen LogP contribution in [0.3, 0.4) is 0 Å². The molecule has 1 saturated heterocycles. The number of likely N-dealkylation sites (tertiary alicyclic amines) is 1. The molecule has 0 spiro atoms. The Morgan fingerprint density at radius 3 is 2.15 bits per heavy atom. The van der Waals surface area contributed by atoms with Crippen molar-refractivity contribution < 1.29 is 0 Å². The lowest BCUT2D eigenvalue weighted by atomic mass is 9.81. The van der Waals surface area contributed by atoms with Crippen molar-refractivity contribution in [3.63, 3.8) is 0 Å². The van der Waals surface area contributed by atoms with Crippen LogP contribution in [0.15, 0.2) is 0 Å². The van der Waals surface area contributed by atoms with Gasteiger partial charge in [-0.15, -0.1) is 0 Å². The van der Waals surface area contributed by atoms with Crippen molar-refractivity contribution in [2.24, 2.45) is 11.3 Å². The van der Waals surface area contributed by atoms with Crippen LogP contribution >= 0.6 is 15.9 Å². The molecule has 0 amide bonds. The number of piperidine rings is 1. The maximum absolute atomic E-state index is 3.84. The number of alkyl halides is 1. The maximum atomic E-state index is 3.84. The Kier molecular flexibility index (Phi) is 6.83. The van der Waals surface area contributed by atoms with Crippen molar-refractivity contribution in [2.75, 3.05) is 45.6 Å². The van der Waals surface area contributed by atoms with Gasteiger partial charge in [-0.25, -0.2) is 0 Å². The number of hydrogen-bond donors (Lipinski definition) is 0. The summed E-state index contributed by atoms with van der Waals surface area (Å²) in [6.07, 6.45) is 11.5. The fourth-order valence-electron chi connectivity index (χ4n) is 4.13. The zero-order valence-corrected chi connectivity index (χ0v) is 15.1. The molecule has 2 aliphatic rings. The minimum Gasteiger partial charge on any atom is -0.309 e. The lowest BCUT2D eigenvalue weighted by Crippen LogP contribution is -2.44. The van der Waals surface area contributed by atoms with Gasteiger partial charge >= 0.3 is 0 Å². The van der Waals surface area contributed by atoms with Crippen molar-refractivity contribution in [3.8, 4) is 0 Å². The third-order valence-corrected chi connectivity index (χ3v) is 6.53. The molecule has 0 atom stereocenters. The molecule has 1 aliphatic carbocycles. The van der Waals surface area contributed by atoms with Crippen molar-refractivity contribution in [1.29, 1.82) is 0 Å². The highest BCUT2D eigenvalue weighted by atomic mass is 79.9. The van der Waals surface area contributed by atoms with Crippen LogP contribution in [0.4, 0.5) is 0 Å². The SMILES string of the molecule is CN(C)CC1CCN(CC2(CBr)CCCCCC2)CC1. The van der Waals surface area contributed by atoms with E-state index in [1.165, 1.54) is 82.9 Å². The summed E-state index contributed by atoms with van der Waals surface area (Å²) < 4.78 is 0. The molecule has 0 N–H and O–H groups in total. The summed E-state index contributed by atoms with van der Waals surface area (Å²) in [4.78, 5) is 5.12. The third kappa shape index (κ3) is 4.99. The van der Waals surface area contributed by atoms with Crippen LogP contribution in [0.1, 0.15) is 51.4 Å². The molecule has 2 fully saturated rings. The van der Waals surface area contributed by atoms with E-state index in [0.717, 1.165) is 5.92 Å². The van der Waals surface area contributed by atoms with Gasteiger partial charge in [0, 0.05) is 18.4 Å². The van der Waals surface area contributed by atoms with E-state index < -0.39 is 0 Å². The lowest BCUT2D eigenvalue weighted by molar-refractivity contribution is 0.104. The Bertz CT molecular complexity index is 264. The van der Waals surface area contributed by atoms with Gasteiger partial charge in [-0.3, -0.25) is 0 Å². The molecule has 0 radical (unpaired) electrons. The van der Waals surface area contributed by atoms with E-state index in [2.05, 4.69) is 39.8 Å². The highest BCUT2D eigenvalue weighted by Gasteiger charge is 2.33. The van der Waals surface area contributed by atoms with Crippen LogP contribution in [0.2, 0.25) is 0 Å². The molecule has 20 heavy (non-hydrogen) atoms. The molecule has 1 saturated carbocycles. The third-order valence-electron chi connectivity index (χ3n) is 5.34.